The SMILES string of the molecule is CCC[C@@H](N)C(=O)N1CCC(Oc2cc3cc[nH]c(=O)c3cc2Cl)CC1. The second-order valence-electron chi connectivity index (χ2n) is 6.71. The summed E-state index contributed by atoms with van der Waals surface area (Å²) in [7, 11) is 0. The Bertz CT molecular complexity index is 844. The zero-order chi connectivity index (χ0) is 18.7. The van der Waals surface area contributed by atoms with Gasteiger partial charge in [0.25, 0.3) is 5.56 Å². The van der Waals surface area contributed by atoms with Crippen molar-refractivity contribution in [3.05, 3.63) is 39.8 Å². The average Bonchev–Trinajstić information content (AvgIpc) is 2.63. The van der Waals surface area contributed by atoms with Gasteiger partial charge in [-0.15, -0.1) is 0 Å². The van der Waals surface area contributed by atoms with Crippen LogP contribution in [-0.4, -0.2) is 41.0 Å². The fourth-order valence-corrected chi connectivity index (χ4v) is 3.53. The lowest BCUT2D eigenvalue weighted by Crippen LogP contribution is -2.48. The number of piperidine rings is 1. The molecule has 140 valence electrons. The van der Waals surface area contributed by atoms with Crippen molar-refractivity contribution in [1.82, 2.24) is 9.88 Å². The van der Waals surface area contributed by atoms with Crippen molar-refractivity contribution in [3.8, 4) is 5.75 Å². The number of likely N-dealkylation sites (tertiary alicyclic amines) is 1. The van der Waals surface area contributed by atoms with Crippen LogP contribution in [0.15, 0.2) is 29.2 Å². The Morgan fingerprint density at radius 3 is 2.85 bits per heavy atom. The van der Waals surface area contributed by atoms with Crippen LogP contribution in [0.4, 0.5) is 0 Å². The van der Waals surface area contributed by atoms with Gasteiger partial charge in [-0.05, 0) is 30.0 Å². The van der Waals surface area contributed by atoms with Crippen LogP contribution in [0, 0.1) is 0 Å². The Morgan fingerprint density at radius 2 is 2.15 bits per heavy atom. The first-order chi connectivity index (χ1) is 12.5. The molecular weight excluding hydrogens is 354 g/mol. The van der Waals surface area contributed by atoms with E-state index in [0.29, 0.717) is 35.7 Å². The van der Waals surface area contributed by atoms with Gasteiger partial charge in [-0.2, -0.15) is 0 Å². The van der Waals surface area contributed by atoms with Crippen LogP contribution in [0.3, 0.4) is 0 Å². The van der Waals surface area contributed by atoms with E-state index in [4.69, 9.17) is 22.1 Å². The van der Waals surface area contributed by atoms with Gasteiger partial charge in [0.2, 0.25) is 5.91 Å². The highest BCUT2D eigenvalue weighted by Gasteiger charge is 2.27. The number of aromatic amines is 1. The molecule has 0 saturated carbocycles. The molecule has 1 amide bonds. The van der Waals surface area contributed by atoms with Crippen LogP contribution < -0.4 is 16.0 Å². The maximum Gasteiger partial charge on any atom is 0.255 e. The third kappa shape index (κ3) is 4.02. The molecule has 0 bridgehead atoms. The average molecular weight is 378 g/mol. The third-order valence-electron chi connectivity index (χ3n) is 4.79. The normalized spacial score (nSPS) is 16.7. The number of H-pyrrole nitrogens is 1. The number of nitrogens with zero attached hydrogens (tertiary/aromatic N) is 1. The second kappa shape index (κ2) is 8.10. The number of rotatable bonds is 5. The number of hydrogen-bond donors (Lipinski definition) is 2. The van der Waals surface area contributed by atoms with Gasteiger partial charge in [-0.25, -0.2) is 0 Å². The minimum absolute atomic E-state index is 0.0154. The standard InChI is InChI=1S/C19H24ClN3O3/c1-2-3-16(21)19(25)23-8-5-13(6-9-23)26-17-10-12-4-7-22-18(24)14(12)11-15(17)20/h4,7,10-11,13,16H,2-3,5-6,8-9,21H2,1H3,(H,22,24)/t16-/m1/s1. The molecule has 1 aliphatic heterocycles. The molecule has 6 nitrogen and oxygen atoms in total. The van der Waals surface area contributed by atoms with Crippen molar-refractivity contribution in [3.63, 3.8) is 0 Å². The number of fused-ring (bicyclic) bond motifs is 1. The molecule has 1 aliphatic rings. The topological polar surface area (TPSA) is 88.4 Å². The lowest BCUT2D eigenvalue weighted by molar-refractivity contribution is -0.134. The predicted octanol–water partition coefficient (Wildman–Crippen LogP) is 2.68. The molecule has 0 radical (unpaired) electrons. The van der Waals surface area contributed by atoms with E-state index in [2.05, 4.69) is 4.98 Å². The smallest absolute Gasteiger partial charge is 0.255 e. The van der Waals surface area contributed by atoms with E-state index >= 15 is 0 Å². The highest BCUT2D eigenvalue weighted by atomic mass is 35.5. The molecule has 1 aromatic carbocycles. The highest BCUT2D eigenvalue weighted by Crippen LogP contribution is 2.31. The fourth-order valence-electron chi connectivity index (χ4n) is 3.32. The fraction of sp³-hybridized carbons (Fsp3) is 0.474. The van der Waals surface area contributed by atoms with Crippen LogP contribution in [0.2, 0.25) is 5.02 Å². The quantitative estimate of drug-likeness (QED) is 0.838. The second-order valence-corrected chi connectivity index (χ2v) is 7.12. The molecule has 3 N–H and O–H groups in total. The van der Waals surface area contributed by atoms with E-state index in [1.165, 1.54) is 0 Å². The first-order valence-electron chi connectivity index (χ1n) is 9.01. The van der Waals surface area contributed by atoms with Crippen LogP contribution in [0.1, 0.15) is 32.6 Å². The van der Waals surface area contributed by atoms with Gasteiger partial charge in [0.05, 0.1) is 11.1 Å². The summed E-state index contributed by atoms with van der Waals surface area (Å²) >= 11 is 6.29. The van der Waals surface area contributed by atoms with Crippen molar-refractivity contribution in [2.24, 2.45) is 5.73 Å². The number of benzene rings is 1. The first-order valence-corrected chi connectivity index (χ1v) is 9.39. The van der Waals surface area contributed by atoms with E-state index in [1.807, 2.05) is 17.9 Å². The Kier molecular flexibility index (Phi) is 5.84. The van der Waals surface area contributed by atoms with Crippen molar-refractivity contribution in [2.75, 3.05) is 13.1 Å². The monoisotopic (exact) mass is 377 g/mol. The lowest BCUT2D eigenvalue weighted by Gasteiger charge is -2.33. The Labute approximate surface area is 157 Å². The summed E-state index contributed by atoms with van der Waals surface area (Å²) in [5, 5.41) is 1.74. The molecule has 3 rings (SSSR count). The molecule has 0 spiro atoms. The zero-order valence-corrected chi connectivity index (χ0v) is 15.6. The molecule has 1 fully saturated rings. The molecule has 1 atom stereocenters. The van der Waals surface area contributed by atoms with Crippen LogP contribution in [0.25, 0.3) is 10.8 Å². The van der Waals surface area contributed by atoms with Crippen LogP contribution in [0.5, 0.6) is 5.75 Å². The van der Waals surface area contributed by atoms with Gasteiger partial charge in [-0.3, -0.25) is 9.59 Å². The first kappa shape index (κ1) is 18.7. The minimum Gasteiger partial charge on any atom is -0.489 e. The van der Waals surface area contributed by atoms with Crippen molar-refractivity contribution >= 4 is 28.3 Å². The molecule has 0 unspecified atom stereocenters. The number of hydrogen-bond acceptors (Lipinski definition) is 4. The maximum atomic E-state index is 12.3. The van der Waals surface area contributed by atoms with Crippen LogP contribution in [-0.2, 0) is 4.79 Å². The van der Waals surface area contributed by atoms with Gasteiger partial charge in [-0.1, -0.05) is 24.9 Å². The molecule has 1 aromatic heterocycles. The van der Waals surface area contributed by atoms with E-state index in [0.717, 1.165) is 24.6 Å². The van der Waals surface area contributed by atoms with Gasteiger partial charge in [0, 0.05) is 37.5 Å². The summed E-state index contributed by atoms with van der Waals surface area (Å²) in [4.78, 5) is 28.6. The Hall–Kier alpha value is -2.05. The van der Waals surface area contributed by atoms with Gasteiger partial charge < -0.3 is 20.4 Å². The summed E-state index contributed by atoms with van der Waals surface area (Å²) in [5.41, 5.74) is 5.76. The zero-order valence-electron chi connectivity index (χ0n) is 14.8. The molecule has 2 heterocycles. The number of nitrogens with two attached hydrogens (primary N) is 1. The number of carbonyl (C=O) groups is 1. The summed E-state index contributed by atoms with van der Waals surface area (Å²) < 4.78 is 6.06. The van der Waals surface area contributed by atoms with E-state index in [-0.39, 0.29) is 17.6 Å². The molecule has 2 aromatic rings. The summed E-state index contributed by atoms with van der Waals surface area (Å²) in [6.45, 7) is 3.28. The number of nitrogens with one attached hydrogen (secondary N) is 1. The Morgan fingerprint density at radius 1 is 1.42 bits per heavy atom. The molecule has 7 heteroatoms. The largest absolute Gasteiger partial charge is 0.489 e. The highest BCUT2D eigenvalue weighted by molar-refractivity contribution is 6.32. The van der Waals surface area contributed by atoms with Gasteiger partial charge in [0.15, 0.2) is 0 Å². The number of halogens is 1. The summed E-state index contributed by atoms with van der Waals surface area (Å²) in [6.07, 6.45) is 4.66. The third-order valence-corrected chi connectivity index (χ3v) is 5.09. The number of carbonyl (C=O) groups excluding carboxylic acids is 1. The molecular formula is C19H24ClN3O3. The van der Waals surface area contributed by atoms with E-state index in [1.54, 1.807) is 18.3 Å². The van der Waals surface area contributed by atoms with Gasteiger partial charge >= 0.3 is 0 Å². The van der Waals surface area contributed by atoms with Gasteiger partial charge in [0.1, 0.15) is 11.9 Å². The van der Waals surface area contributed by atoms with Crippen molar-refractivity contribution in [2.45, 2.75) is 44.8 Å². The molecule has 0 aliphatic carbocycles. The molecule has 1 saturated heterocycles. The summed E-state index contributed by atoms with van der Waals surface area (Å²) in [6, 6.07) is 4.83. The van der Waals surface area contributed by atoms with E-state index < -0.39 is 6.04 Å². The lowest BCUT2D eigenvalue weighted by atomic mass is 10.1. The maximum absolute atomic E-state index is 12.3. The predicted molar refractivity (Wildman–Crippen MR) is 103 cm³/mol. The van der Waals surface area contributed by atoms with Crippen molar-refractivity contribution < 1.29 is 9.53 Å². The summed E-state index contributed by atoms with van der Waals surface area (Å²) in [5.74, 6) is 0.588. The number of pyridine rings is 1. The number of aromatic nitrogens is 1. The van der Waals surface area contributed by atoms with Crippen LogP contribution >= 0.6 is 11.6 Å². The van der Waals surface area contributed by atoms with Crippen molar-refractivity contribution in [1.29, 1.82) is 0 Å². The Balaban J connectivity index is 1.65. The molecule has 26 heavy (non-hydrogen) atoms. The minimum atomic E-state index is -0.412. The number of amides is 1. The number of ether oxygens (including phenoxy) is 1. The van der Waals surface area contributed by atoms with E-state index in [9.17, 15) is 9.59 Å².